The van der Waals surface area contributed by atoms with Gasteiger partial charge in [0.05, 0.1) is 12.1 Å². The Balaban J connectivity index is 1.19. The Hall–Kier alpha value is -3.23. The number of hydrogen-bond acceptors (Lipinski definition) is 7. The Bertz CT molecular complexity index is 1190. The van der Waals surface area contributed by atoms with E-state index in [9.17, 15) is 9.59 Å². The van der Waals surface area contributed by atoms with Gasteiger partial charge in [0.15, 0.2) is 5.60 Å². The molecule has 0 saturated carbocycles. The number of benzene rings is 2. The highest BCUT2D eigenvalue weighted by Gasteiger charge is 2.45. The molecular formula is C24H23ClN4O4. The number of cyclic esters (lactones) is 1. The van der Waals surface area contributed by atoms with Gasteiger partial charge in [0.2, 0.25) is 11.7 Å². The quantitative estimate of drug-likeness (QED) is 0.545. The van der Waals surface area contributed by atoms with Gasteiger partial charge in [-0.1, -0.05) is 35.0 Å². The summed E-state index contributed by atoms with van der Waals surface area (Å²) in [5.74, 6) is 0.430. The number of carbonyl (C=O) groups is 2. The summed E-state index contributed by atoms with van der Waals surface area (Å²) >= 11 is 5.93. The molecule has 2 aliphatic rings. The smallest absolute Gasteiger partial charge is 0.339 e. The molecule has 2 aromatic carbocycles. The number of fused-ring (bicyclic) bond motifs is 1. The number of amides is 1. The van der Waals surface area contributed by atoms with E-state index in [1.165, 1.54) is 0 Å². The average Bonchev–Trinajstić information content (AvgIpc) is 3.28. The standard InChI is InChI=1S/C24H23ClN4O4/c1-24(14-17-4-2-3-5-19(17)22(30)32-24)23(31)29-12-10-28(11-13-29)15-20-26-21(27-33-20)16-6-8-18(25)9-7-16/h2-9H,10-15H2,1H3/t24-/m0/s1. The van der Waals surface area contributed by atoms with Gasteiger partial charge >= 0.3 is 5.97 Å². The third-order valence-electron chi connectivity index (χ3n) is 6.12. The van der Waals surface area contributed by atoms with Crippen LogP contribution in [0.15, 0.2) is 53.1 Å². The molecule has 3 heterocycles. The number of rotatable bonds is 4. The first-order valence-corrected chi connectivity index (χ1v) is 11.2. The minimum Gasteiger partial charge on any atom is -0.445 e. The van der Waals surface area contributed by atoms with E-state index in [1.54, 1.807) is 36.1 Å². The largest absolute Gasteiger partial charge is 0.445 e. The first-order chi connectivity index (χ1) is 15.9. The van der Waals surface area contributed by atoms with E-state index in [-0.39, 0.29) is 5.91 Å². The van der Waals surface area contributed by atoms with Crippen LogP contribution < -0.4 is 0 Å². The van der Waals surface area contributed by atoms with Crippen LogP contribution in [0.1, 0.15) is 28.7 Å². The molecule has 2 aliphatic heterocycles. The van der Waals surface area contributed by atoms with E-state index in [0.717, 1.165) is 11.1 Å². The van der Waals surface area contributed by atoms with E-state index >= 15 is 0 Å². The number of piperazine rings is 1. The van der Waals surface area contributed by atoms with Gasteiger partial charge in [0.25, 0.3) is 5.91 Å². The van der Waals surface area contributed by atoms with Gasteiger partial charge in [-0.05, 0) is 42.8 Å². The SMILES string of the molecule is C[C@@]1(C(=O)N2CCN(Cc3nc(-c4ccc(Cl)cc4)no3)CC2)Cc2ccccc2C(=O)O1. The molecule has 1 amide bonds. The van der Waals surface area contributed by atoms with Crippen LogP contribution in [0.5, 0.6) is 0 Å². The number of carbonyl (C=O) groups excluding carboxylic acids is 2. The van der Waals surface area contributed by atoms with Crippen molar-refractivity contribution in [1.82, 2.24) is 19.9 Å². The molecule has 33 heavy (non-hydrogen) atoms. The lowest BCUT2D eigenvalue weighted by molar-refractivity contribution is -0.153. The summed E-state index contributed by atoms with van der Waals surface area (Å²) in [5, 5.41) is 4.70. The highest BCUT2D eigenvalue weighted by molar-refractivity contribution is 6.30. The Morgan fingerprint density at radius 3 is 2.58 bits per heavy atom. The molecule has 0 spiro atoms. The van der Waals surface area contributed by atoms with Crippen molar-refractivity contribution < 1.29 is 18.8 Å². The fraction of sp³-hybridized carbons (Fsp3) is 0.333. The van der Waals surface area contributed by atoms with Crippen LogP contribution in [0.2, 0.25) is 5.02 Å². The Morgan fingerprint density at radius 1 is 1.09 bits per heavy atom. The number of hydrogen-bond donors (Lipinski definition) is 0. The average molecular weight is 467 g/mol. The molecule has 0 unspecified atom stereocenters. The Kier molecular flexibility index (Phi) is 5.64. The maximum absolute atomic E-state index is 13.3. The molecule has 1 fully saturated rings. The van der Waals surface area contributed by atoms with Gasteiger partial charge in [-0.3, -0.25) is 9.69 Å². The fourth-order valence-electron chi connectivity index (χ4n) is 4.32. The molecule has 1 atom stereocenters. The number of halogens is 1. The minimum absolute atomic E-state index is 0.159. The molecule has 1 aromatic heterocycles. The van der Waals surface area contributed by atoms with E-state index in [1.807, 2.05) is 24.3 Å². The summed E-state index contributed by atoms with van der Waals surface area (Å²) in [6.07, 6.45) is 0.378. The maximum Gasteiger partial charge on any atom is 0.339 e. The summed E-state index contributed by atoms with van der Waals surface area (Å²) < 4.78 is 11.0. The molecule has 1 saturated heterocycles. The maximum atomic E-state index is 13.3. The first-order valence-electron chi connectivity index (χ1n) is 10.8. The zero-order valence-electron chi connectivity index (χ0n) is 18.2. The van der Waals surface area contributed by atoms with Crippen LogP contribution in [0.25, 0.3) is 11.4 Å². The van der Waals surface area contributed by atoms with Crippen molar-refractivity contribution in [2.75, 3.05) is 26.2 Å². The Morgan fingerprint density at radius 2 is 1.82 bits per heavy atom. The third kappa shape index (κ3) is 4.36. The van der Waals surface area contributed by atoms with Crippen molar-refractivity contribution in [3.63, 3.8) is 0 Å². The first kappa shape index (κ1) is 21.6. The third-order valence-corrected chi connectivity index (χ3v) is 6.38. The lowest BCUT2D eigenvalue weighted by Gasteiger charge is -2.40. The molecule has 0 bridgehead atoms. The molecule has 8 nitrogen and oxygen atoms in total. The van der Waals surface area contributed by atoms with Gasteiger partial charge in [0, 0.05) is 43.2 Å². The predicted molar refractivity (Wildman–Crippen MR) is 121 cm³/mol. The van der Waals surface area contributed by atoms with Crippen LogP contribution >= 0.6 is 11.6 Å². The van der Waals surface area contributed by atoms with Crippen LogP contribution in [0.3, 0.4) is 0 Å². The number of ether oxygens (including phenoxy) is 1. The van der Waals surface area contributed by atoms with Crippen molar-refractivity contribution in [1.29, 1.82) is 0 Å². The van der Waals surface area contributed by atoms with E-state index in [0.29, 0.717) is 61.4 Å². The zero-order chi connectivity index (χ0) is 23.0. The molecule has 0 N–H and O–H groups in total. The lowest BCUT2D eigenvalue weighted by atomic mass is 9.88. The topological polar surface area (TPSA) is 88.8 Å². The van der Waals surface area contributed by atoms with E-state index < -0.39 is 11.6 Å². The predicted octanol–water partition coefficient (Wildman–Crippen LogP) is 3.21. The van der Waals surface area contributed by atoms with Crippen LogP contribution in [0.4, 0.5) is 0 Å². The van der Waals surface area contributed by atoms with Gasteiger partial charge < -0.3 is 14.2 Å². The zero-order valence-corrected chi connectivity index (χ0v) is 18.9. The summed E-state index contributed by atoms with van der Waals surface area (Å²) in [6.45, 7) is 4.59. The van der Waals surface area contributed by atoms with Crippen molar-refractivity contribution in [3.05, 3.63) is 70.6 Å². The number of nitrogens with zero attached hydrogens (tertiary/aromatic N) is 4. The molecule has 0 aliphatic carbocycles. The second-order valence-corrected chi connectivity index (χ2v) is 8.98. The van der Waals surface area contributed by atoms with Crippen LogP contribution in [0, 0.1) is 0 Å². The van der Waals surface area contributed by atoms with E-state index in [4.69, 9.17) is 20.9 Å². The van der Waals surface area contributed by atoms with Crippen molar-refractivity contribution >= 4 is 23.5 Å². The molecule has 0 radical (unpaired) electrons. The number of aromatic nitrogens is 2. The summed E-state index contributed by atoms with van der Waals surface area (Å²) in [7, 11) is 0. The van der Waals surface area contributed by atoms with E-state index in [2.05, 4.69) is 15.0 Å². The lowest BCUT2D eigenvalue weighted by Crippen LogP contribution is -2.57. The minimum atomic E-state index is -1.19. The summed E-state index contributed by atoms with van der Waals surface area (Å²) in [4.78, 5) is 34.1. The van der Waals surface area contributed by atoms with Crippen LogP contribution in [-0.4, -0.2) is 63.6 Å². The fourth-order valence-corrected chi connectivity index (χ4v) is 4.45. The molecule has 5 rings (SSSR count). The summed E-state index contributed by atoms with van der Waals surface area (Å²) in [6, 6.07) is 14.5. The van der Waals surface area contributed by atoms with Crippen molar-refractivity contribution in [2.24, 2.45) is 0 Å². The van der Waals surface area contributed by atoms with Gasteiger partial charge in [-0.25, -0.2) is 4.79 Å². The number of esters is 1. The molecule has 3 aromatic rings. The van der Waals surface area contributed by atoms with Gasteiger partial charge in [-0.2, -0.15) is 4.98 Å². The molecule has 9 heteroatoms. The monoisotopic (exact) mass is 466 g/mol. The highest BCUT2D eigenvalue weighted by atomic mass is 35.5. The van der Waals surface area contributed by atoms with Crippen LogP contribution in [-0.2, 0) is 22.5 Å². The van der Waals surface area contributed by atoms with Gasteiger partial charge in [0.1, 0.15) is 0 Å². The summed E-state index contributed by atoms with van der Waals surface area (Å²) in [5.41, 5.74) is 1.02. The highest BCUT2D eigenvalue weighted by Crippen LogP contribution is 2.30. The molecule has 170 valence electrons. The second-order valence-electron chi connectivity index (χ2n) is 8.54. The normalized spacial score (nSPS) is 20.9. The molecular weight excluding hydrogens is 444 g/mol. The van der Waals surface area contributed by atoms with Crippen molar-refractivity contribution in [3.8, 4) is 11.4 Å². The Labute approximate surface area is 196 Å². The van der Waals surface area contributed by atoms with Crippen molar-refractivity contribution in [2.45, 2.75) is 25.5 Å². The van der Waals surface area contributed by atoms with Gasteiger partial charge in [-0.15, -0.1) is 0 Å². The second kappa shape index (κ2) is 8.61.